The number of ether oxygens (including phenoxy) is 1. The lowest BCUT2D eigenvalue weighted by atomic mass is 10.2. The number of imidazole rings is 1. The average molecular weight is 294 g/mol. The molecule has 0 unspecified atom stereocenters. The van der Waals surface area contributed by atoms with E-state index in [1.54, 1.807) is 25.3 Å². The molecule has 3 aromatic rings. The Morgan fingerprint density at radius 1 is 1.11 bits per heavy atom. The number of aromatic nitrogens is 3. The Morgan fingerprint density at radius 3 is 2.68 bits per heavy atom. The van der Waals surface area contributed by atoms with Gasteiger partial charge in [-0.15, -0.1) is 0 Å². The Hall–Kier alpha value is -1.78. The highest BCUT2D eigenvalue weighted by atomic mass is 35.5. The van der Waals surface area contributed by atoms with E-state index in [-0.39, 0.29) is 0 Å². The maximum atomic E-state index is 6.16. The lowest BCUT2D eigenvalue weighted by molar-refractivity contribution is 0.399. The number of halogens is 2. The summed E-state index contributed by atoms with van der Waals surface area (Å²) in [6.45, 7) is 0. The molecular formula is C13H9Cl2N3O. The van der Waals surface area contributed by atoms with E-state index in [4.69, 9.17) is 27.9 Å². The molecule has 1 N–H and O–H groups in total. The number of pyridine rings is 1. The van der Waals surface area contributed by atoms with E-state index in [1.165, 1.54) is 0 Å². The molecular weight excluding hydrogens is 285 g/mol. The van der Waals surface area contributed by atoms with Crippen LogP contribution in [0.4, 0.5) is 0 Å². The molecule has 0 spiro atoms. The van der Waals surface area contributed by atoms with Gasteiger partial charge in [-0.2, -0.15) is 4.98 Å². The Bertz CT molecular complexity index is 755. The molecule has 0 bridgehead atoms. The van der Waals surface area contributed by atoms with Crippen molar-refractivity contribution in [2.75, 3.05) is 7.11 Å². The van der Waals surface area contributed by atoms with Crippen molar-refractivity contribution >= 4 is 34.4 Å². The summed E-state index contributed by atoms with van der Waals surface area (Å²) in [7, 11) is 1.57. The number of nitrogens with one attached hydrogen (secondary N) is 1. The van der Waals surface area contributed by atoms with Gasteiger partial charge in [-0.05, 0) is 24.3 Å². The Labute approximate surface area is 119 Å². The lowest BCUT2D eigenvalue weighted by Crippen LogP contribution is -1.86. The molecule has 0 aliphatic carbocycles. The predicted molar refractivity (Wildman–Crippen MR) is 75.9 cm³/mol. The van der Waals surface area contributed by atoms with E-state index in [0.29, 0.717) is 27.4 Å². The summed E-state index contributed by atoms with van der Waals surface area (Å²) in [5, 5.41) is 1.13. The zero-order chi connectivity index (χ0) is 13.4. The summed E-state index contributed by atoms with van der Waals surface area (Å²) in [4.78, 5) is 11.8. The summed E-state index contributed by atoms with van der Waals surface area (Å²) in [6.07, 6.45) is 0. The Kier molecular flexibility index (Phi) is 3.05. The number of aromatic amines is 1. The first-order valence-corrected chi connectivity index (χ1v) is 6.29. The third-order valence-electron chi connectivity index (χ3n) is 2.72. The van der Waals surface area contributed by atoms with Crippen molar-refractivity contribution in [1.82, 2.24) is 15.0 Å². The number of benzene rings is 1. The fourth-order valence-corrected chi connectivity index (χ4v) is 2.30. The summed E-state index contributed by atoms with van der Waals surface area (Å²) in [5.41, 5.74) is 2.19. The molecule has 19 heavy (non-hydrogen) atoms. The first kappa shape index (κ1) is 12.3. The van der Waals surface area contributed by atoms with Gasteiger partial charge in [0.15, 0.2) is 5.65 Å². The molecule has 0 saturated heterocycles. The zero-order valence-corrected chi connectivity index (χ0v) is 11.5. The third-order valence-corrected chi connectivity index (χ3v) is 3.26. The molecule has 4 nitrogen and oxygen atoms in total. The van der Waals surface area contributed by atoms with Gasteiger partial charge in [-0.25, -0.2) is 4.98 Å². The SMILES string of the molecule is COc1ccc2[nH]c(-c3ccc(Cl)cc3Cl)nc2n1. The smallest absolute Gasteiger partial charge is 0.215 e. The molecule has 0 fully saturated rings. The molecule has 0 radical (unpaired) electrons. The lowest BCUT2D eigenvalue weighted by Gasteiger charge is -2.00. The van der Waals surface area contributed by atoms with Crippen molar-refractivity contribution < 1.29 is 4.74 Å². The van der Waals surface area contributed by atoms with Crippen LogP contribution in [0.1, 0.15) is 0 Å². The molecule has 0 aliphatic heterocycles. The van der Waals surface area contributed by atoms with Gasteiger partial charge >= 0.3 is 0 Å². The number of H-pyrrole nitrogens is 1. The number of hydrogen-bond donors (Lipinski definition) is 1. The highest BCUT2D eigenvalue weighted by Crippen LogP contribution is 2.29. The van der Waals surface area contributed by atoms with Gasteiger partial charge in [-0.3, -0.25) is 0 Å². The van der Waals surface area contributed by atoms with Crippen molar-refractivity contribution in [3.8, 4) is 17.3 Å². The second-order valence-corrected chi connectivity index (χ2v) is 4.78. The zero-order valence-electron chi connectivity index (χ0n) is 9.95. The fraction of sp³-hybridized carbons (Fsp3) is 0.0769. The van der Waals surface area contributed by atoms with Crippen LogP contribution in [0.3, 0.4) is 0 Å². The molecule has 6 heteroatoms. The van der Waals surface area contributed by atoms with Crippen LogP contribution in [0, 0.1) is 0 Å². The third kappa shape index (κ3) is 2.25. The normalized spacial score (nSPS) is 10.9. The van der Waals surface area contributed by atoms with E-state index in [1.807, 2.05) is 12.1 Å². The van der Waals surface area contributed by atoms with Crippen LogP contribution in [0.25, 0.3) is 22.6 Å². The van der Waals surface area contributed by atoms with Crippen molar-refractivity contribution in [1.29, 1.82) is 0 Å². The summed E-state index contributed by atoms with van der Waals surface area (Å²) >= 11 is 12.0. The maximum absolute atomic E-state index is 6.16. The molecule has 1 aromatic carbocycles. The van der Waals surface area contributed by atoms with Crippen LogP contribution in [0.15, 0.2) is 30.3 Å². The molecule has 0 aliphatic rings. The van der Waals surface area contributed by atoms with Gasteiger partial charge in [0.2, 0.25) is 5.88 Å². The van der Waals surface area contributed by atoms with Gasteiger partial charge in [-0.1, -0.05) is 23.2 Å². The van der Waals surface area contributed by atoms with E-state index in [0.717, 1.165) is 11.1 Å². The standard InChI is InChI=1S/C13H9Cl2N3O/c1-19-11-5-4-10-13(17-11)18-12(16-10)8-3-2-7(14)6-9(8)15/h2-6H,1H3,(H,16,17,18). The molecule has 2 aromatic heterocycles. The minimum absolute atomic E-state index is 0.521. The van der Waals surface area contributed by atoms with Crippen LogP contribution >= 0.6 is 23.2 Å². The summed E-state index contributed by atoms with van der Waals surface area (Å²) in [5.74, 6) is 1.17. The van der Waals surface area contributed by atoms with Crippen molar-refractivity contribution in [2.45, 2.75) is 0 Å². The largest absolute Gasteiger partial charge is 0.481 e. The maximum Gasteiger partial charge on any atom is 0.215 e. The van der Waals surface area contributed by atoms with Crippen LogP contribution in [0.2, 0.25) is 10.0 Å². The van der Waals surface area contributed by atoms with E-state index in [2.05, 4.69) is 15.0 Å². The van der Waals surface area contributed by atoms with Gasteiger partial charge in [0.05, 0.1) is 17.6 Å². The monoisotopic (exact) mass is 293 g/mol. The second-order valence-electron chi connectivity index (χ2n) is 3.93. The number of fused-ring (bicyclic) bond motifs is 1. The number of nitrogens with zero attached hydrogens (tertiary/aromatic N) is 2. The van der Waals surface area contributed by atoms with Crippen LogP contribution in [-0.2, 0) is 0 Å². The molecule has 0 saturated carbocycles. The van der Waals surface area contributed by atoms with Crippen molar-refractivity contribution in [3.63, 3.8) is 0 Å². The molecule has 96 valence electrons. The predicted octanol–water partition coefficient (Wildman–Crippen LogP) is 3.94. The molecule has 0 atom stereocenters. The first-order chi connectivity index (χ1) is 9.17. The molecule has 2 heterocycles. The molecule has 0 amide bonds. The van der Waals surface area contributed by atoms with Gasteiger partial charge in [0, 0.05) is 16.7 Å². The Morgan fingerprint density at radius 2 is 1.95 bits per heavy atom. The van der Waals surface area contributed by atoms with Crippen LogP contribution in [-0.4, -0.2) is 22.1 Å². The minimum atomic E-state index is 0.521. The van der Waals surface area contributed by atoms with Gasteiger partial charge in [0.25, 0.3) is 0 Å². The summed E-state index contributed by atoms with van der Waals surface area (Å²) in [6, 6.07) is 8.90. The van der Waals surface area contributed by atoms with Crippen LogP contribution in [0.5, 0.6) is 5.88 Å². The minimum Gasteiger partial charge on any atom is -0.481 e. The van der Waals surface area contributed by atoms with E-state index >= 15 is 0 Å². The highest BCUT2D eigenvalue weighted by Gasteiger charge is 2.10. The van der Waals surface area contributed by atoms with Gasteiger partial charge in [0.1, 0.15) is 5.82 Å². The van der Waals surface area contributed by atoms with Gasteiger partial charge < -0.3 is 9.72 Å². The number of hydrogen-bond acceptors (Lipinski definition) is 3. The van der Waals surface area contributed by atoms with E-state index in [9.17, 15) is 0 Å². The molecule has 3 rings (SSSR count). The topological polar surface area (TPSA) is 50.8 Å². The highest BCUT2D eigenvalue weighted by molar-refractivity contribution is 6.36. The average Bonchev–Trinajstić information content (AvgIpc) is 2.80. The van der Waals surface area contributed by atoms with Crippen LogP contribution < -0.4 is 4.74 Å². The quantitative estimate of drug-likeness (QED) is 0.778. The first-order valence-electron chi connectivity index (χ1n) is 5.53. The fourth-order valence-electron chi connectivity index (χ4n) is 1.80. The van der Waals surface area contributed by atoms with Crippen molar-refractivity contribution in [3.05, 3.63) is 40.4 Å². The number of rotatable bonds is 2. The summed E-state index contributed by atoms with van der Waals surface area (Å²) < 4.78 is 5.07. The van der Waals surface area contributed by atoms with Crippen molar-refractivity contribution in [2.24, 2.45) is 0 Å². The van der Waals surface area contributed by atoms with E-state index < -0.39 is 0 Å². The Balaban J connectivity index is 2.14. The second kappa shape index (κ2) is 4.72. The number of methoxy groups -OCH3 is 1.